The number of hydrogen-bond acceptors (Lipinski definition) is 5. The minimum Gasteiger partial charge on any atom is -0.497 e. The Morgan fingerprint density at radius 2 is 2.00 bits per heavy atom. The molecule has 0 bridgehead atoms. The van der Waals surface area contributed by atoms with Crippen LogP contribution in [0.15, 0.2) is 35.1 Å². The first-order valence-electron chi connectivity index (χ1n) is 6.89. The van der Waals surface area contributed by atoms with Crippen molar-refractivity contribution in [3.8, 4) is 17.0 Å². The molecule has 0 spiro atoms. The van der Waals surface area contributed by atoms with Gasteiger partial charge in [0.05, 0.1) is 12.8 Å². The van der Waals surface area contributed by atoms with Gasteiger partial charge in [0.25, 0.3) is 0 Å². The predicted molar refractivity (Wildman–Crippen MR) is 83.2 cm³/mol. The van der Waals surface area contributed by atoms with E-state index >= 15 is 0 Å². The van der Waals surface area contributed by atoms with Crippen molar-refractivity contribution < 1.29 is 9.53 Å². The fraction of sp³-hybridized carbons (Fsp3) is 0.200. The van der Waals surface area contributed by atoms with E-state index in [0.29, 0.717) is 17.2 Å². The maximum absolute atomic E-state index is 12.2. The molecule has 0 atom stereocenters. The summed E-state index contributed by atoms with van der Waals surface area (Å²) in [6, 6.07) is 9.09. The van der Waals surface area contributed by atoms with Crippen LogP contribution in [0.5, 0.6) is 5.75 Å². The van der Waals surface area contributed by atoms with Crippen LogP contribution in [0.1, 0.15) is 5.82 Å². The van der Waals surface area contributed by atoms with Crippen molar-refractivity contribution in [2.75, 3.05) is 7.11 Å². The number of methoxy groups -OCH3 is 1. The lowest BCUT2D eigenvalue weighted by Crippen LogP contribution is -2.29. The molecule has 1 amide bonds. The maximum atomic E-state index is 12.2. The number of hydrogen-bond donors (Lipinski definition) is 1. The van der Waals surface area contributed by atoms with E-state index in [-0.39, 0.29) is 6.54 Å². The fourth-order valence-corrected chi connectivity index (χ4v) is 2.36. The highest BCUT2D eigenvalue weighted by atomic mass is 16.5. The summed E-state index contributed by atoms with van der Waals surface area (Å²) >= 11 is 0. The minimum atomic E-state index is -0.628. The van der Waals surface area contributed by atoms with Crippen molar-refractivity contribution in [2.24, 2.45) is 5.73 Å². The van der Waals surface area contributed by atoms with E-state index in [4.69, 9.17) is 10.5 Å². The number of amides is 1. The zero-order valence-corrected chi connectivity index (χ0v) is 12.7. The molecule has 0 saturated heterocycles. The highest BCUT2D eigenvalue weighted by Crippen LogP contribution is 2.21. The molecule has 0 fully saturated rings. The average Bonchev–Trinajstić information content (AvgIpc) is 2.83. The van der Waals surface area contributed by atoms with Gasteiger partial charge in [0, 0.05) is 11.6 Å². The fourth-order valence-electron chi connectivity index (χ4n) is 2.36. The second kappa shape index (κ2) is 5.56. The number of aromatic nitrogens is 4. The predicted octanol–water partition coefficient (Wildman–Crippen LogP) is 0.360. The molecule has 0 aliphatic rings. The number of benzene rings is 1. The first-order valence-corrected chi connectivity index (χ1v) is 6.89. The molecule has 118 valence electrons. The van der Waals surface area contributed by atoms with E-state index in [0.717, 1.165) is 16.0 Å². The Balaban J connectivity index is 2.13. The van der Waals surface area contributed by atoms with Crippen LogP contribution in [0.4, 0.5) is 0 Å². The molecule has 2 aromatic heterocycles. The average molecular weight is 313 g/mol. The Morgan fingerprint density at radius 1 is 1.30 bits per heavy atom. The van der Waals surface area contributed by atoms with Gasteiger partial charge in [-0.2, -0.15) is 0 Å². The van der Waals surface area contributed by atoms with Gasteiger partial charge < -0.3 is 10.5 Å². The minimum absolute atomic E-state index is 0.266. The highest BCUT2D eigenvalue weighted by molar-refractivity contribution is 5.73. The highest BCUT2D eigenvalue weighted by Gasteiger charge is 2.13. The summed E-state index contributed by atoms with van der Waals surface area (Å²) < 4.78 is 7.50. The lowest BCUT2D eigenvalue weighted by atomic mass is 10.1. The van der Waals surface area contributed by atoms with Crippen molar-refractivity contribution in [1.29, 1.82) is 0 Å². The lowest BCUT2D eigenvalue weighted by molar-refractivity contribution is -0.118. The van der Waals surface area contributed by atoms with Crippen LogP contribution in [-0.4, -0.2) is 32.2 Å². The molecule has 3 rings (SSSR count). The number of fused-ring (bicyclic) bond motifs is 1. The number of aryl methyl sites for hydroxylation is 1. The van der Waals surface area contributed by atoms with Gasteiger partial charge in [-0.25, -0.2) is 18.9 Å². The van der Waals surface area contributed by atoms with Crippen LogP contribution in [0.2, 0.25) is 0 Å². The third-order valence-electron chi connectivity index (χ3n) is 3.43. The van der Waals surface area contributed by atoms with E-state index in [2.05, 4.69) is 10.1 Å². The van der Waals surface area contributed by atoms with Crippen LogP contribution in [0.25, 0.3) is 16.9 Å². The zero-order valence-electron chi connectivity index (χ0n) is 12.7. The van der Waals surface area contributed by atoms with Gasteiger partial charge in [-0.3, -0.25) is 4.79 Å². The van der Waals surface area contributed by atoms with Crippen LogP contribution in [0, 0.1) is 6.92 Å². The molecular formula is C15H15N5O3. The van der Waals surface area contributed by atoms with E-state index in [9.17, 15) is 9.59 Å². The van der Waals surface area contributed by atoms with Crippen LogP contribution >= 0.6 is 0 Å². The van der Waals surface area contributed by atoms with E-state index in [1.807, 2.05) is 24.3 Å². The van der Waals surface area contributed by atoms with Crippen LogP contribution in [0.3, 0.4) is 0 Å². The van der Waals surface area contributed by atoms with Gasteiger partial charge in [0.15, 0.2) is 5.65 Å². The van der Waals surface area contributed by atoms with E-state index in [1.165, 1.54) is 4.40 Å². The first-order chi connectivity index (χ1) is 11.0. The summed E-state index contributed by atoms with van der Waals surface area (Å²) in [5.74, 6) is 0.596. The lowest BCUT2D eigenvalue weighted by Gasteiger charge is -2.05. The third kappa shape index (κ3) is 2.66. The van der Waals surface area contributed by atoms with Gasteiger partial charge in [-0.15, -0.1) is 5.10 Å². The summed E-state index contributed by atoms with van der Waals surface area (Å²) in [5, 5.41) is 4.13. The molecule has 2 heterocycles. The maximum Gasteiger partial charge on any atom is 0.352 e. The second-order valence-corrected chi connectivity index (χ2v) is 5.02. The smallest absolute Gasteiger partial charge is 0.352 e. The second-order valence-electron chi connectivity index (χ2n) is 5.02. The summed E-state index contributed by atoms with van der Waals surface area (Å²) in [6.45, 7) is 1.44. The number of ether oxygens (including phenoxy) is 1. The molecule has 8 nitrogen and oxygen atoms in total. The van der Waals surface area contributed by atoms with E-state index in [1.54, 1.807) is 20.1 Å². The normalized spacial score (nSPS) is 10.9. The number of nitrogens with two attached hydrogens (primary N) is 1. The Labute approximate surface area is 131 Å². The van der Waals surface area contributed by atoms with Crippen molar-refractivity contribution in [3.63, 3.8) is 0 Å². The van der Waals surface area contributed by atoms with Gasteiger partial charge in [0.1, 0.15) is 18.1 Å². The van der Waals surface area contributed by atoms with Gasteiger partial charge in [-0.1, -0.05) is 0 Å². The third-order valence-corrected chi connectivity index (χ3v) is 3.43. The Hall–Kier alpha value is -3.16. The van der Waals surface area contributed by atoms with Crippen molar-refractivity contribution in [2.45, 2.75) is 13.5 Å². The standard InChI is InChI=1S/C15H15N5O3/c1-9-17-12(10-3-5-11(23-2)6-4-10)7-14-18-19(8-13(16)21)15(22)20(9)14/h3-7H,8H2,1-2H3,(H2,16,21). The molecule has 3 aromatic rings. The van der Waals surface area contributed by atoms with Crippen molar-refractivity contribution >= 4 is 11.6 Å². The Morgan fingerprint density at radius 3 is 2.61 bits per heavy atom. The SMILES string of the molecule is COc1ccc(-c2cc3nn(CC(N)=O)c(=O)n3c(C)n2)cc1. The van der Waals surface area contributed by atoms with E-state index < -0.39 is 11.6 Å². The van der Waals surface area contributed by atoms with Gasteiger partial charge in [-0.05, 0) is 31.2 Å². The number of carbonyl (C=O) groups is 1. The van der Waals surface area contributed by atoms with Crippen LogP contribution < -0.4 is 16.2 Å². The molecule has 0 aliphatic heterocycles. The van der Waals surface area contributed by atoms with Crippen LogP contribution in [-0.2, 0) is 11.3 Å². The first kappa shape index (κ1) is 14.8. The zero-order chi connectivity index (χ0) is 16.6. The Kier molecular flexibility index (Phi) is 3.57. The summed E-state index contributed by atoms with van der Waals surface area (Å²) in [7, 11) is 1.60. The largest absolute Gasteiger partial charge is 0.497 e. The van der Waals surface area contributed by atoms with Gasteiger partial charge in [0.2, 0.25) is 5.91 Å². The molecule has 0 radical (unpaired) electrons. The summed E-state index contributed by atoms with van der Waals surface area (Å²) in [4.78, 5) is 27.7. The molecule has 0 saturated carbocycles. The molecule has 1 aromatic carbocycles. The summed E-state index contributed by atoms with van der Waals surface area (Å²) in [6.07, 6.45) is 0. The van der Waals surface area contributed by atoms with Crippen molar-refractivity contribution in [3.05, 3.63) is 46.6 Å². The number of primary amides is 1. The molecule has 0 unspecified atom stereocenters. The Bertz CT molecular complexity index is 940. The number of rotatable bonds is 4. The molecule has 0 aliphatic carbocycles. The molecule has 2 N–H and O–H groups in total. The quantitative estimate of drug-likeness (QED) is 0.749. The van der Waals surface area contributed by atoms with Crippen molar-refractivity contribution in [1.82, 2.24) is 19.2 Å². The summed E-state index contributed by atoms with van der Waals surface area (Å²) in [5.41, 5.74) is 6.64. The number of nitrogens with zero attached hydrogens (tertiary/aromatic N) is 4. The monoisotopic (exact) mass is 313 g/mol. The molecule has 23 heavy (non-hydrogen) atoms. The topological polar surface area (TPSA) is 105 Å². The van der Waals surface area contributed by atoms with Gasteiger partial charge >= 0.3 is 5.69 Å². The number of carbonyl (C=O) groups excluding carboxylic acids is 1. The molecular weight excluding hydrogens is 298 g/mol. The molecule has 8 heteroatoms.